The zero-order valence-electron chi connectivity index (χ0n) is 8.39. The maximum atomic E-state index is 5.37. The molecule has 0 bridgehead atoms. The van der Waals surface area contributed by atoms with E-state index >= 15 is 0 Å². The molecule has 0 aliphatic heterocycles. The minimum absolute atomic E-state index is 0. The summed E-state index contributed by atoms with van der Waals surface area (Å²) in [5.41, 5.74) is 1.97. The first-order chi connectivity index (χ1) is 6.90. The summed E-state index contributed by atoms with van der Waals surface area (Å²) in [4.78, 5) is 5.36. The average Bonchev–Trinajstić information content (AvgIpc) is 2.72. The minimum atomic E-state index is 0. The maximum absolute atomic E-state index is 5.37. The van der Waals surface area contributed by atoms with Gasteiger partial charge in [0.1, 0.15) is 5.75 Å². The average molecular weight is 242 g/mol. The van der Waals surface area contributed by atoms with Crippen LogP contribution in [0.5, 0.6) is 5.75 Å². The van der Waals surface area contributed by atoms with Crippen molar-refractivity contribution in [3.8, 4) is 10.6 Å². The molecule has 1 aromatic heterocycles. The van der Waals surface area contributed by atoms with E-state index in [4.69, 9.17) is 4.74 Å². The van der Waals surface area contributed by atoms with Crippen LogP contribution in [0.2, 0.25) is 0 Å². The highest BCUT2D eigenvalue weighted by Crippen LogP contribution is 2.29. The Balaban J connectivity index is 0.00000112. The van der Waals surface area contributed by atoms with Gasteiger partial charge in [-0.15, -0.1) is 0 Å². The predicted molar refractivity (Wildman–Crippen MR) is 59.2 cm³/mol. The van der Waals surface area contributed by atoms with Crippen LogP contribution in [0.4, 0.5) is 0 Å². The van der Waals surface area contributed by atoms with E-state index in [0.29, 0.717) is 6.61 Å². The van der Waals surface area contributed by atoms with Crippen LogP contribution in [0.3, 0.4) is 0 Å². The molecule has 1 unspecified atom stereocenters. The summed E-state index contributed by atoms with van der Waals surface area (Å²) in [5.74, 6) is 0.931. The van der Waals surface area contributed by atoms with E-state index in [-0.39, 0.29) is 22.9 Å². The molecule has 80 valence electrons. The van der Waals surface area contributed by atoms with Crippen molar-refractivity contribution >= 4 is 10.5 Å². The minimum Gasteiger partial charge on any atom is -1.00 e. The Morgan fingerprint density at radius 2 is 2.00 bits per heavy atom. The molecule has 2 rings (SSSR count). The smallest absolute Gasteiger partial charge is 0.235 e. The molecule has 0 amide bonds. The number of rotatable bonds is 3. The van der Waals surface area contributed by atoms with Gasteiger partial charge in [0.25, 0.3) is 0 Å². The molecular formula is C11H12ClNOS. The van der Waals surface area contributed by atoms with Gasteiger partial charge in [-0.2, -0.15) is 0 Å². The molecule has 0 saturated carbocycles. The van der Waals surface area contributed by atoms with Gasteiger partial charge in [-0.05, 0) is 19.1 Å². The monoisotopic (exact) mass is 241 g/mol. The van der Waals surface area contributed by atoms with Crippen molar-refractivity contribution in [2.24, 2.45) is 0 Å². The van der Waals surface area contributed by atoms with Crippen LogP contribution in [-0.2, 0) is 0 Å². The van der Waals surface area contributed by atoms with Crippen molar-refractivity contribution < 1.29 is 17.1 Å². The van der Waals surface area contributed by atoms with Crippen LogP contribution in [-0.4, -0.2) is 11.6 Å². The van der Waals surface area contributed by atoms with Crippen molar-refractivity contribution in [3.05, 3.63) is 41.4 Å². The predicted octanol–water partition coefficient (Wildman–Crippen LogP) is 0.223. The fraction of sp³-hybridized carbons (Fsp3) is 0.182. The zero-order valence-corrected chi connectivity index (χ0v) is 9.96. The molecule has 0 fully saturated rings. The summed E-state index contributed by atoms with van der Waals surface area (Å²) < 4.78 is 5.37. The van der Waals surface area contributed by atoms with Gasteiger partial charge < -0.3 is 17.1 Å². The Labute approximate surface area is 98.3 Å². The lowest BCUT2D eigenvalue weighted by Gasteiger charge is -2.00. The number of ether oxygens (including phenoxy) is 1. The molecule has 2 nitrogen and oxygen atoms in total. The van der Waals surface area contributed by atoms with Gasteiger partial charge >= 0.3 is 0 Å². The fourth-order valence-corrected chi connectivity index (χ4v) is 2.44. The second-order valence-corrected chi connectivity index (χ2v) is 4.51. The Kier molecular flexibility index (Phi) is 4.59. The van der Waals surface area contributed by atoms with Crippen molar-refractivity contribution in [1.29, 1.82) is 0 Å². The van der Waals surface area contributed by atoms with E-state index < -0.39 is 0 Å². The van der Waals surface area contributed by atoms with Gasteiger partial charge in [0.2, 0.25) is 5.51 Å². The maximum Gasteiger partial charge on any atom is 0.235 e. The molecule has 1 aromatic carbocycles. The lowest BCUT2D eigenvalue weighted by molar-refractivity contribution is -0.00000340. The third kappa shape index (κ3) is 2.94. The molecule has 1 atom stereocenters. The normalized spacial score (nSPS) is 10.6. The van der Waals surface area contributed by atoms with E-state index in [9.17, 15) is 0 Å². The quantitative estimate of drug-likeness (QED) is 0.718. The van der Waals surface area contributed by atoms with Gasteiger partial charge in [-0.25, -0.2) is 4.98 Å². The summed E-state index contributed by atoms with van der Waals surface area (Å²) in [6, 6.07) is 8.20. The summed E-state index contributed by atoms with van der Waals surface area (Å²) in [6.07, 6.45) is 1.85. The van der Waals surface area contributed by atoms with E-state index in [2.05, 4.69) is 22.5 Å². The summed E-state index contributed by atoms with van der Waals surface area (Å²) in [5, 5.41) is 2.11. The number of hydrogen-bond donors (Lipinski definition) is 0. The van der Waals surface area contributed by atoms with Gasteiger partial charge in [0.15, 0.2) is 10.3 Å². The lowest BCUT2D eigenvalue weighted by Crippen LogP contribution is -3.00. The standard InChI is InChI=1S/C11H12NOS.ClH/c1-2-13-10-3-5-11(6-4-10)14-8-7-12-9-14;/h3-9H,2H2,1H3;1H/q+1;/p-1. The second kappa shape index (κ2) is 5.73. The van der Waals surface area contributed by atoms with E-state index in [1.807, 2.05) is 30.8 Å². The molecule has 15 heavy (non-hydrogen) atoms. The Hall–Kier alpha value is -1.06. The van der Waals surface area contributed by atoms with Crippen molar-refractivity contribution in [3.63, 3.8) is 0 Å². The molecule has 0 aliphatic carbocycles. The Bertz CT molecular complexity index is 385. The third-order valence-electron chi connectivity index (χ3n) is 1.87. The first-order valence-electron chi connectivity index (χ1n) is 4.55. The fourth-order valence-electron chi connectivity index (χ4n) is 1.24. The molecule has 2 aromatic rings. The van der Waals surface area contributed by atoms with Crippen molar-refractivity contribution in [1.82, 2.24) is 4.98 Å². The van der Waals surface area contributed by atoms with Crippen LogP contribution in [0.25, 0.3) is 4.90 Å². The molecule has 0 saturated heterocycles. The Morgan fingerprint density at radius 1 is 1.27 bits per heavy atom. The molecule has 0 aliphatic rings. The third-order valence-corrected chi connectivity index (χ3v) is 3.46. The van der Waals surface area contributed by atoms with Crippen LogP contribution < -0.4 is 17.1 Å². The zero-order chi connectivity index (χ0) is 9.80. The molecule has 0 N–H and O–H groups in total. The number of hydrogen-bond acceptors (Lipinski definition) is 2. The van der Waals surface area contributed by atoms with Crippen LogP contribution >= 0.6 is 10.5 Å². The summed E-state index contributed by atoms with van der Waals surface area (Å²) in [7, 11) is 0.0693. The number of nitrogens with zero attached hydrogens (tertiary/aromatic N) is 1. The van der Waals surface area contributed by atoms with E-state index in [0.717, 1.165) is 5.75 Å². The van der Waals surface area contributed by atoms with Gasteiger partial charge in [-0.3, -0.25) is 0 Å². The number of aromatic nitrogens is 1. The van der Waals surface area contributed by atoms with Crippen molar-refractivity contribution in [2.75, 3.05) is 6.61 Å². The topological polar surface area (TPSA) is 22.1 Å². The number of halogens is 1. The van der Waals surface area contributed by atoms with E-state index in [1.54, 1.807) is 0 Å². The first-order valence-corrected chi connectivity index (χ1v) is 5.90. The first kappa shape index (κ1) is 12.0. The molecule has 1 heterocycles. The second-order valence-electron chi connectivity index (χ2n) is 2.82. The van der Waals surface area contributed by atoms with Gasteiger partial charge in [0, 0.05) is 22.6 Å². The number of benzene rings is 1. The van der Waals surface area contributed by atoms with Crippen LogP contribution in [0.15, 0.2) is 41.4 Å². The largest absolute Gasteiger partial charge is 1.00 e. The molecular weight excluding hydrogens is 230 g/mol. The SMILES string of the molecule is CCOc1ccc(-[s+]2ccnc2)cc1.[Cl-]. The number of thiazole rings is 1. The lowest BCUT2D eigenvalue weighted by atomic mass is 10.3. The summed E-state index contributed by atoms with van der Waals surface area (Å²) >= 11 is 0. The highest BCUT2D eigenvalue weighted by molar-refractivity contribution is 7.36. The van der Waals surface area contributed by atoms with Gasteiger partial charge in [0.05, 0.1) is 12.8 Å². The highest BCUT2D eigenvalue weighted by Gasteiger charge is 2.07. The summed E-state index contributed by atoms with van der Waals surface area (Å²) in [6.45, 7) is 2.70. The Morgan fingerprint density at radius 3 is 2.53 bits per heavy atom. The highest BCUT2D eigenvalue weighted by atomic mass is 35.5. The molecule has 0 spiro atoms. The van der Waals surface area contributed by atoms with Crippen molar-refractivity contribution in [2.45, 2.75) is 6.92 Å². The van der Waals surface area contributed by atoms with Crippen LogP contribution in [0.1, 0.15) is 6.92 Å². The van der Waals surface area contributed by atoms with Gasteiger partial charge in [-0.1, -0.05) is 0 Å². The molecule has 4 heteroatoms. The van der Waals surface area contributed by atoms with E-state index in [1.165, 1.54) is 4.90 Å². The molecule has 0 radical (unpaired) electrons. The van der Waals surface area contributed by atoms with Crippen LogP contribution in [0, 0.1) is 0 Å².